The Labute approximate surface area is 146 Å². The lowest BCUT2D eigenvalue weighted by Gasteiger charge is -2.26. The van der Waals surface area contributed by atoms with Gasteiger partial charge in [-0.3, -0.25) is 0 Å². The summed E-state index contributed by atoms with van der Waals surface area (Å²) in [5, 5.41) is 0. The van der Waals surface area contributed by atoms with Crippen molar-refractivity contribution in [2.45, 2.75) is 51.6 Å². The smallest absolute Gasteiger partial charge is 0.410 e. The summed E-state index contributed by atoms with van der Waals surface area (Å²) in [7, 11) is 1.53. The van der Waals surface area contributed by atoms with Gasteiger partial charge in [-0.25, -0.2) is 18.0 Å². The molecule has 4 nitrogen and oxygen atoms in total. The summed E-state index contributed by atoms with van der Waals surface area (Å²) in [6, 6.07) is 3.09. The molecular weight excluding hydrogens is 335 g/mol. The highest BCUT2D eigenvalue weighted by Crippen LogP contribution is 2.29. The number of halogens is 3. The minimum Gasteiger partial charge on any atom is -0.444 e. The molecule has 0 unspecified atom stereocenters. The summed E-state index contributed by atoms with van der Waals surface area (Å²) in [4.78, 5) is 24.2. The fourth-order valence-corrected chi connectivity index (χ4v) is 2.31. The van der Waals surface area contributed by atoms with Gasteiger partial charge in [0.15, 0.2) is 0 Å². The van der Waals surface area contributed by atoms with Crippen LogP contribution >= 0.6 is 0 Å². The van der Waals surface area contributed by atoms with Gasteiger partial charge < -0.3 is 14.4 Å². The lowest BCUT2D eigenvalue weighted by molar-refractivity contribution is -0.108. The number of benzene rings is 1. The molecule has 0 fully saturated rings. The molecule has 0 saturated heterocycles. The molecule has 0 bridgehead atoms. The number of nitrogens with zero attached hydrogens (tertiary/aromatic N) is 1. The van der Waals surface area contributed by atoms with E-state index in [0.717, 1.165) is 18.2 Å². The lowest BCUT2D eigenvalue weighted by Crippen LogP contribution is -2.35. The van der Waals surface area contributed by atoms with E-state index in [1.54, 1.807) is 20.8 Å². The molecule has 140 valence electrons. The van der Waals surface area contributed by atoms with Crippen LogP contribution in [0.3, 0.4) is 0 Å². The van der Waals surface area contributed by atoms with Crippen molar-refractivity contribution in [2.24, 2.45) is 0 Å². The van der Waals surface area contributed by atoms with Gasteiger partial charge in [-0.05, 0) is 50.8 Å². The summed E-state index contributed by atoms with van der Waals surface area (Å²) < 4.78 is 44.9. The zero-order chi connectivity index (χ0) is 19.2. The van der Waals surface area contributed by atoms with Crippen molar-refractivity contribution in [3.63, 3.8) is 0 Å². The Morgan fingerprint density at radius 1 is 1.32 bits per heavy atom. The molecule has 0 aliphatic heterocycles. The van der Waals surface area contributed by atoms with Gasteiger partial charge in [-0.1, -0.05) is 6.07 Å². The van der Waals surface area contributed by atoms with Crippen LogP contribution in [-0.2, 0) is 9.53 Å². The molecule has 7 heteroatoms. The molecule has 0 heterocycles. The van der Waals surface area contributed by atoms with Crippen molar-refractivity contribution >= 4 is 12.4 Å². The van der Waals surface area contributed by atoms with Crippen LogP contribution in [0.4, 0.5) is 18.0 Å². The first-order chi connectivity index (χ1) is 11.5. The monoisotopic (exact) mass is 359 g/mol. The van der Waals surface area contributed by atoms with Gasteiger partial charge in [0.1, 0.15) is 17.7 Å². The molecule has 0 aliphatic carbocycles. The van der Waals surface area contributed by atoms with E-state index in [4.69, 9.17) is 4.74 Å². The molecule has 0 aromatic heterocycles. The van der Waals surface area contributed by atoms with E-state index < -0.39 is 29.9 Å². The number of carbonyl (C=O) groups is 2. The first-order valence-electron chi connectivity index (χ1n) is 8.00. The number of hydrogen-bond donors (Lipinski definition) is 0. The van der Waals surface area contributed by atoms with Crippen LogP contribution < -0.4 is 0 Å². The predicted molar refractivity (Wildman–Crippen MR) is 88.3 cm³/mol. The standard InChI is InChI=1S/C18H24F3NO3/c1-18(2,3)25-17(24)22(4)9-7-12(8-10-23)14-11-13(16(20)21)5-6-15(14)19/h5-6,10-12,16H,7-9H2,1-4H3/t12-/m0/s1. The van der Waals surface area contributed by atoms with E-state index in [0.29, 0.717) is 6.29 Å². The van der Waals surface area contributed by atoms with E-state index in [-0.39, 0.29) is 30.5 Å². The largest absolute Gasteiger partial charge is 0.444 e. The highest BCUT2D eigenvalue weighted by Gasteiger charge is 2.22. The summed E-state index contributed by atoms with van der Waals surface area (Å²) in [6.45, 7) is 5.41. The fourth-order valence-electron chi connectivity index (χ4n) is 2.31. The Balaban J connectivity index is 2.86. The number of alkyl halides is 2. The number of amides is 1. The van der Waals surface area contributed by atoms with Gasteiger partial charge in [0.25, 0.3) is 6.43 Å². The van der Waals surface area contributed by atoms with E-state index in [9.17, 15) is 22.8 Å². The molecule has 0 saturated carbocycles. The highest BCUT2D eigenvalue weighted by atomic mass is 19.3. The quantitative estimate of drug-likeness (QED) is 0.664. The molecule has 0 aliphatic rings. The maximum Gasteiger partial charge on any atom is 0.410 e. The summed E-state index contributed by atoms with van der Waals surface area (Å²) >= 11 is 0. The van der Waals surface area contributed by atoms with E-state index in [1.807, 2.05) is 0 Å². The SMILES string of the molecule is CN(CC[C@@H](CC=O)c1cc(C(F)F)ccc1F)C(=O)OC(C)(C)C. The van der Waals surface area contributed by atoms with Crippen LogP contribution in [-0.4, -0.2) is 36.5 Å². The number of hydrogen-bond acceptors (Lipinski definition) is 3. The fraction of sp³-hybridized carbons (Fsp3) is 0.556. The van der Waals surface area contributed by atoms with Crippen LogP contribution in [0.5, 0.6) is 0 Å². The normalized spacial score (nSPS) is 12.8. The van der Waals surface area contributed by atoms with Gasteiger partial charge in [0, 0.05) is 25.6 Å². The lowest BCUT2D eigenvalue weighted by atomic mass is 9.91. The zero-order valence-electron chi connectivity index (χ0n) is 14.9. The maximum absolute atomic E-state index is 14.0. The van der Waals surface area contributed by atoms with Crippen LogP contribution in [0.25, 0.3) is 0 Å². The Kier molecular flexibility index (Phi) is 7.45. The molecule has 1 atom stereocenters. The van der Waals surface area contributed by atoms with Crippen LogP contribution in [0.1, 0.15) is 57.1 Å². The van der Waals surface area contributed by atoms with Crippen LogP contribution in [0.2, 0.25) is 0 Å². The summed E-state index contributed by atoms with van der Waals surface area (Å²) in [5.41, 5.74) is -0.888. The molecule has 1 aromatic rings. The molecule has 1 amide bonds. The third-order valence-electron chi connectivity index (χ3n) is 3.61. The average molecular weight is 359 g/mol. The topological polar surface area (TPSA) is 46.6 Å². The van der Waals surface area contributed by atoms with Gasteiger partial charge in [-0.2, -0.15) is 0 Å². The molecular formula is C18H24F3NO3. The first kappa shape index (κ1) is 21.0. The van der Waals surface area contributed by atoms with Crippen molar-refractivity contribution in [2.75, 3.05) is 13.6 Å². The van der Waals surface area contributed by atoms with Gasteiger partial charge in [0.2, 0.25) is 0 Å². The third kappa shape index (κ3) is 6.76. The number of rotatable bonds is 7. The Hall–Kier alpha value is -2.05. The number of aldehydes is 1. The number of carbonyl (C=O) groups excluding carboxylic acids is 2. The second-order valence-corrected chi connectivity index (χ2v) is 6.87. The highest BCUT2D eigenvalue weighted by molar-refractivity contribution is 5.67. The van der Waals surface area contributed by atoms with Crippen LogP contribution in [0, 0.1) is 5.82 Å². The van der Waals surface area contributed by atoms with E-state index >= 15 is 0 Å². The van der Waals surface area contributed by atoms with Crippen molar-refractivity contribution in [1.29, 1.82) is 0 Å². The van der Waals surface area contributed by atoms with E-state index in [2.05, 4.69) is 0 Å². The van der Waals surface area contributed by atoms with Gasteiger partial charge >= 0.3 is 6.09 Å². The molecule has 0 N–H and O–H groups in total. The summed E-state index contributed by atoms with van der Waals surface area (Å²) in [6.07, 6.45) is -2.42. The average Bonchev–Trinajstić information content (AvgIpc) is 2.49. The van der Waals surface area contributed by atoms with Gasteiger partial charge in [-0.15, -0.1) is 0 Å². The Morgan fingerprint density at radius 2 is 1.96 bits per heavy atom. The number of ether oxygens (including phenoxy) is 1. The van der Waals surface area contributed by atoms with Gasteiger partial charge in [0.05, 0.1) is 0 Å². The zero-order valence-corrected chi connectivity index (χ0v) is 14.9. The molecule has 1 aromatic carbocycles. The van der Waals surface area contributed by atoms with Crippen molar-refractivity contribution in [3.05, 3.63) is 35.1 Å². The Morgan fingerprint density at radius 3 is 2.48 bits per heavy atom. The van der Waals surface area contributed by atoms with Crippen molar-refractivity contribution in [1.82, 2.24) is 4.90 Å². The molecule has 1 rings (SSSR count). The molecule has 25 heavy (non-hydrogen) atoms. The minimum atomic E-state index is -2.72. The van der Waals surface area contributed by atoms with E-state index in [1.165, 1.54) is 11.9 Å². The van der Waals surface area contributed by atoms with Crippen LogP contribution in [0.15, 0.2) is 18.2 Å². The second-order valence-electron chi connectivity index (χ2n) is 6.87. The summed E-state index contributed by atoms with van der Waals surface area (Å²) in [5.74, 6) is -1.24. The molecule has 0 spiro atoms. The minimum absolute atomic E-state index is 0.0221. The van der Waals surface area contributed by atoms with Crippen molar-refractivity contribution < 1.29 is 27.5 Å². The maximum atomic E-state index is 14.0. The Bertz CT molecular complexity index is 600. The predicted octanol–water partition coefficient (Wildman–Crippen LogP) is 4.69. The second kappa shape index (κ2) is 8.87. The first-order valence-corrected chi connectivity index (χ1v) is 8.00. The molecule has 0 radical (unpaired) electrons. The van der Waals surface area contributed by atoms with Crippen molar-refractivity contribution in [3.8, 4) is 0 Å². The third-order valence-corrected chi connectivity index (χ3v) is 3.61.